The lowest BCUT2D eigenvalue weighted by Gasteiger charge is -2.18. The van der Waals surface area contributed by atoms with Gasteiger partial charge in [-0.05, 0) is 49.2 Å². The monoisotopic (exact) mass is 415 g/mol. The Morgan fingerprint density at radius 3 is 2.29 bits per heavy atom. The van der Waals surface area contributed by atoms with Crippen LogP contribution in [0.3, 0.4) is 0 Å². The van der Waals surface area contributed by atoms with E-state index in [0.29, 0.717) is 22.7 Å². The Morgan fingerprint density at radius 2 is 1.65 bits per heavy atom. The third-order valence-corrected chi connectivity index (χ3v) is 5.57. The van der Waals surface area contributed by atoms with Crippen LogP contribution in [-0.2, 0) is 7.05 Å². The predicted molar refractivity (Wildman–Crippen MR) is 121 cm³/mol. The summed E-state index contributed by atoms with van der Waals surface area (Å²) >= 11 is 0. The number of aromatic nitrogens is 3. The number of hydrogen-bond acceptors (Lipinski definition) is 5. The van der Waals surface area contributed by atoms with Crippen molar-refractivity contribution in [3.05, 3.63) is 91.9 Å². The molecular weight excluding hydrogens is 394 g/mol. The van der Waals surface area contributed by atoms with Crippen LogP contribution in [0.15, 0.2) is 75.0 Å². The molecule has 0 unspecified atom stereocenters. The first-order chi connectivity index (χ1) is 15.0. The molecule has 0 amide bonds. The van der Waals surface area contributed by atoms with Gasteiger partial charge in [0.2, 0.25) is 0 Å². The zero-order valence-electron chi connectivity index (χ0n) is 16.9. The van der Waals surface area contributed by atoms with Gasteiger partial charge < -0.3 is 11.1 Å². The summed E-state index contributed by atoms with van der Waals surface area (Å²) in [6.07, 6.45) is 1.56. The summed E-state index contributed by atoms with van der Waals surface area (Å²) < 4.78 is 4.11. The van der Waals surface area contributed by atoms with E-state index in [1.54, 1.807) is 43.4 Å². The number of hydrogen-bond donors (Lipinski definition) is 2. The third-order valence-electron chi connectivity index (χ3n) is 5.57. The lowest BCUT2D eigenvalue weighted by Crippen LogP contribution is -2.41. The Balaban J connectivity index is 1.90. The van der Waals surface area contributed by atoms with Gasteiger partial charge in [-0.1, -0.05) is 18.2 Å². The average Bonchev–Trinajstić information content (AvgIpc) is 3.59. The fourth-order valence-corrected chi connectivity index (χ4v) is 3.85. The van der Waals surface area contributed by atoms with E-state index in [2.05, 4.69) is 5.32 Å². The van der Waals surface area contributed by atoms with E-state index >= 15 is 0 Å². The van der Waals surface area contributed by atoms with Crippen LogP contribution in [0.2, 0.25) is 0 Å². The van der Waals surface area contributed by atoms with Crippen molar-refractivity contribution in [3.8, 4) is 5.69 Å². The van der Waals surface area contributed by atoms with Gasteiger partial charge in [0.15, 0.2) is 0 Å². The smallest absolute Gasteiger partial charge is 0.337 e. The highest BCUT2D eigenvalue weighted by Crippen LogP contribution is 2.33. The van der Waals surface area contributed by atoms with Crippen LogP contribution in [0.4, 0.5) is 17.1 Å². The molecule has 0 saturated heterocycles. The van der Waals surface area contributed by atoms with Crippen LogP contribution in [0.1, 0.15) is 18.9 Å². The molecule has 0 atom stereocenters. The normalized spacial score (nSPS) is 13.5. The van der Waals surface area contributed by atoms with Crippen LogP contribution in [0.5, 0.6) is 0 Å². The summed E-state index contributed by atoms with van der Waals surface area (Å²) in [6.45, 7) is 0. The zero-order valence-corrected chi connectivity index (χ0v) is 16.9. The van der Waals surface area contributed by atoms with Crippen LogP contribution >= 0.6 is 0 Å². The summed E-state index contributed by atoms with van der Waals surface area (Å²) in [5, 5.41) is 3.46. The Labute approximate surface area is 176 Å². The highest BCUT2D eigenvalue weighted by molar-refractivity contribution is 5.91. The van der Waals surface area contributed by atoms with Crippen molar-refractivity contribution in [1.29, 1.82) is 0 Å². The van der Waals surface area contributed by atoms with Gasteiger partial charge in [-0.15, -0.1) is 0 Å². The van der Waals surface area contributed by atoms with Gasteiger partial charge in [-0.25, -0.2) is 9.36 Å². The van der Waals surface area contributed by atoms with Gasteiger partial charge in [0.1, 0.15) is 11.0 Å². The fraction of sp³-hybridized carbons (Fsp3) is 0.174. The molecule has 2 aromatic heterocycles. The maximum atomic E-state index is 13.5. The molecule has 4 aromatic rings. The minimum Gasteiger partial charge on any atom is -0.399 e. The molecule has 2 aromatic carbocycles. The first-order valence-electron chi connectivity index (χ1n) is 10.0. The van der Waals surface area contributed by atoms with Gasteiger partial charge in [-0.3, -0.25) is 18.7 Å². The van der Waals surface area contributed by atoms with Crippen molar-refractivity contribution in [3.63, 3.8) is 0 Å². The second-order valence-corrected chi connectivity index (χ2v) is 7.76. The molecule has 1 fully saturated rings. The van der Waals surface area contributed by atoms with Gasteiger partial charge in [0.05, 0.1) is 11.4 Å². The Kier molecular flexibility index (Phi) is 4.28. The second kappa shape index (κ2) is 7.02. The van der Waals surface area contributed by atoms with E-state index in [4.69, 9.17) is 5.73 Å². The lowest BCUT2D eigenvalue weighted by atomic mass is 10.2. The molecule has 0 bridgehead atoms. The van der Waals surface area contributed by atoms with E-state index in [0.717, 1.165) is 12.8 Å². The van der Waals surface area contributed by atoms with E-state index in [9.17, 15) is 14.4 Å². The minimum atomic E-state index is -0.439. The average molecular weight is 415 g/mol. The van der Waals surface area contributed by atoms with Crippen molar-refractivity contribution >= 4 is 28.1 Å². The number of anilines is 3. The van der Waals surface area contributed by atoms with Crippen LogP contribution in [-0.4, -0.2) is 13.7 Å². The van der Waals surface area contributed by atoms with E-state index in [1.807, 2.05) is 18.2 Å². The molecule has 1 aliphatic carbocycles. The number of nitrogens with zero attached hydrogens (tertiary/aromatic N) is 3. The van der Waals surface area contributed by atoms with Gasteiger partial charge >= 0.3 is 5.69 Å². The number of nitrogens with two attached hydrogens (primary N) is 1. The molecule has 1 aliphatic rings. The lowest BCUT2D eigenvalue weighted by molar-refractivity contribution is 0.637. The first kappa shape index (κ1) is 18.9. The molecular formula is C23H21N5O3. The number of nitrogens with one attached hydrogen (secondary N) is 1. The zero-order chi connectivity index (χ0) is 21.7. The molecule has 0 aliphatic heterocycles. The maximum Gasteiger partial charge on any atom is 0.337 e. The van der Waals surface area contributed by atoms with Crippen LogP contribution in [0, 0.1) is 0 Å². The minimum absolute atomic E-state index is 0.124. The molecule has 31 heavy (non-hydrogen) atoms. The number of para-hydroxylation sites is 1. The van der Waals surface area contributed by atoms with Gasteiger partial charge in [0, 0.05) is 30.5 Å². The summed E-state index contributed by atoms with van der Waals surface area (Å²) in [7, 11) is 1.57. The molecule has 5 rings (SSSR count). The molecule has 8 heteroatoms. The highest BCUT2D eigenvalue weighted by atomic mass is 16.2. The van der Waals surface area contributed by atoms with Crippen LogP contribution < -0.4 is 27.9 Å². The van der Waals surface area contributed by atoms with Crippen molar-refractivity contribution in [1.82, 2.24) is 13.7 Å². The first-order valence-corrected chi connectivity index (χ1v) is 10.0. The number of nitrogen functional groups attached to an aromatic ring is 1. The van der Waals surface area contributed by atoms with E-state index in [1.165, 1.54) is 19.8 Å². The SMILES string of the molecule is Cn1c(=O)cc(Nc2ccc(N)cc2)c2c(=O)n(C3CC3)c(=O)n(-c3ccccc3)c21. The molecule has 8 nitrogen and oxygen atoms in total. The van der Waals surface area contributed by atoms with Gasteiger partial charge in [0.25, 0.3) is 11.1 Å². The number of rotatable bonds is 4. The Hall–Kier alpha value is -4.07. The topological polar surface area (TPSA) is 104 Å². The fourth-order valence-electron chi connectivity index (χ4n) is 3.85. The van der Waals surface area contributed by atoms with Crippen molar-refractivity contribution in [2.45, 2.75) is 18.9 Å². The van der Waals surface area contributed by atoms with E-state index in [-0.39, 0.29) is 22.6 Å². The third kappa shape index (κ3) is 3.13. The van der Waals surface area contributed by atoms with Crippen molar-refractivity contribution < 1.29 is 0 Å². The summed E-state index contributed by atoms with van der Waals surface area (Å²) in [6, 6.07) is 17.3. The number of benzene rings is 2. The quantitative estimate of drug-likeness (QED) is 0.499. The summed E-state index contributed by atoms with van der Waals surface area (Å²) in [5.41, 5.74) is 7.07. The van der Waals surface area contributed by atoms with Crippen LogP contribution in [0.25, 0.3) is 16.7 Å². The van der Waals surface area contributed by atoms with Crippen molar-refractivity contribution in [2.75, 3.05) is 11.1 Å². The van der Waals surface area contributed by atoms with Gasteiger partial charge in [-0.2, -0.15) is 0 Å². The number of pyridine rings is 1. The molecule has 0 radical (unpaired) electrons. The Bertz CT molecular complexity index is 1480. The molecule has 3 N–H and O–H groups in total. The number of fused-ring (bicyclic) bond motifs is 1. The molecule has 1 saturated carbocycles. The molecule has 0 spiro atoms. The highest BCUT2D eigenvalue weighted by Gasteiger charge is 2.30. The maximum absolute atomic E-state index is 13.5. The molecule has 2 heterocycles. The van der Waals surface area contributed by atoms with Crippen molar-refractivity contribution in [2.24, 2.45) is 7.05 Å². The second-order valence-electron chi connectivity index (χ2n) is 7.76. The summed E-state index contributed by atoms with van der Waals surface area (Å²) in [4.78, 5) is 39.8. The van der Waals surface area contributed by atoms with E-state index < -0.39 is 11.2 Å². The Morgan fingerprint density at radius 1 is 0.968 bits per heavy atom. The standard InChI is InChI=1S/C23H21N5O3/c1-26-19(29)13-18(25-15-9-7-14(24)8-10-15)20-21(26)27(16-5-3-2-4-6-16)23(31)28(22(20)30)17-11-12-17/h2-10,13,17,25H,11-12,24H2,1H3. The largest absolute Gasteiger partial charge is 0.399 e. The summed E-state index contributed by atoms with van der Waals surface area (Å²) in [5.74, 6) is 0. The number of aryl methyl sites for hydroxylation is 1. The molecule has 156 valence electrons. The predicted octanol–water partition coefficient (Wildman–Crippen LogP) is 2.51.